The van der Waals surface area contributed by atoms with Gasteiger partial charge in [0.2, 0.25) is 0 Å². The molecule has 1 N–H and O–H groups in total. The van der Waals surface area contributed by atoms with Crippen LogP contribution in [0.4, 0.5) is 0 Å². The fourth-order valence-electron chi connectivity index (χ4n) is 3.53. The Balaban J connectivity index is 1.55. The minimum absolute atomic E-state index is 0.0192. The lowest BCUT2D eigenvalue weighted by Crippen LogP contribution is -2.35. The summed E-state index contributed by atoms with van der Waals surface area (Å²) in [5, 5.41) is 2.95. The van der Waals surface area contributed by atoms with Gasteiger partial charge in [-0.1, -0.05) is 11.6 Å². The van der Waals surface area contributed by atoms with E-state index in [2.05, 4.69) is 16.4 Å². The molecule has 5 heteroatoms. The summed E-state index contributed by atoms with van der Waals surface area (Å²) in [6.07, 6.45) is 14.4. The smallest absolute Gasteiger partial charge is 0.255 e. The predicted octanol–water partition coefficient (Wildman–Crippen LogP) is 3.33. The molecule has 0 saturated carbocycles. The summed E-state index contributed by atoms with van der Waals surface area (Å²) in [5.74, 6) is -0.175. The Morgan fingerprint density at radius 3 is 2.60 bits per heavy atom. The Hall–Kier alpha value is -2.17. The molecule has 2 heterocycles. The summed E-state index contributed by atoms with van der Waals surface area (Å²) in [5.41, 5.74) is 2.41. The maximum atomic E-state index is 12.5. The van der Waals surface area contributed by atoms with Crippen LogP contribution in [-0.4, -0.2) is 41.3 Å². The second-order valence-electron chi connectivity index (χ2n) is 6.93. The van der Waals surface area contributed by atoms with E-state index >= 15 is 0 Å². The molecule has 3 rings (SSSR count). The van der Waals surface area contributed by atoms with Gasteiger partial charge in [-0.15, -0.1) is 0 Å². The summed E-state index contributed by atoms with van der Waals surface area (Å²) in [4.78, 5) is 30.8. The van der Waals surface area contributed by atoms with Gasteiger partial charge in [-0.05, 0) is 57.4 Å². The number of pyridine rings is 1. The normalized spacial score (nSPS) is 17.8. The van der Waals surface area contributed by atoms with Gasteiger partial charge in [0.1, 0.15) is 0 Å². The molecule has 2 amide bonds. The number of allylic oxidation sites excluding steroid dienone is 1. The summed E-state index contributed by atoms with van der Waals surface area (Å²) in [6.45, 7) is 2.23. The second-order valence-corrected chi connectivity index (χ2v) is 6.93. The number of rotatable bonds is 5. The van der Waals surface area contributed by atoms with E-state index in [1.807, 2.05) is 4.90 Å². The molecular weight excluding hydrogens is 314 g/mol. The highest BCUT2D eigenvalue weighted by molar-refractivity contribution is 5.99. The first-order valence-electron chi connectivity index (χ1n) is 9.44. The highest BCUT2D eigenvalue weighted by atomic mass is 16.2. The number of carbonyl (C=O) groups excluding carboxylic acids is 2. The van der Waals surface area contributed by atoms with Crippen molar-refractivity contribution in [3.05, 3.63) is 41.2 Å². The van der Waals surface area contributed by atoms with Crippen LogP contribution in [0.15, 0.2) is 30.1 Å². The van der Waals surface area contributed by atoms with E-state index < -0.39 is 0 Å². The number of hydrogen-bond acceptors (Lipinski definition) is 3. The van der Waals surface area contributed by atoms with Crippen LogP contribution in [0.1, 0.15) is 72.1 Å². The number of hydrogen-bond donors (Lipinski definition) is 1. The number of likely N-dealkylation sites (tertiary alicyclic amines) is 1. The number of nitrogens with one attached hydrogen (secondary N) is 1. The second kappa shape index (κ2) is 8.79. The molecule has 0 radical (unpaired) electrons. The van der Waals surface area contributed by atoms with Crippen molar-refractivity contribution in [2.75, 3.05) is 19.6 Å². The molecule has 1 aliphatic heterocycles. The lowest BCUT2D eigenvalue weighted by molar-refractivity contribution is 0.0724. The van der Waals surface area contributed by atoms with Crippen molar-refractivity contribution < 1.29 is 9.59 Å². The maximum absolute atomic E-state index is 12.5. The molecule has 1 aliphatic carbocycles. The van der Waals surface area contributed by atoms with E-state index in [4.69, 9.17) is 0 Å². The van der Waals surface area contributed by atoms with Crippen molar-refractivity contribution in [3.63, 3.8) is 0 Å². The van der Waals surface area contributed by atoms with Crippen molar-refractivity contribution in [2.24, 2.45) is 0 Å². The Morgan fingerprint density at radius 1 is 1.04 bits per heavy atom. The predicted molar refractivity (Wildman–Crippen MR) is 97.5 cm³/mol. The monoisotopic (exact) mass is 341 g/mol. The van der Waals surface area contributed by atoms with Gasteiger partial charge in [-0.2, -0.15) is 0 Å². The van der Waals surface area contributed by atoms with Gasteiger partial charge in [-0.3, -0.25) is 14.6 Å². The molecule has 1 saturated heterocycles. The van der Waals surface area contributed by atoms with Crippen molar-refractivity contribution >= 4 is 11.8 Å². The third-order valence-corrected chi connectivity index (χ3v) is 5.01. The fourth-order valence-corrected chi connectivity index (χ4v) is 3.53. The van der Waals surface area contributed by atoms with Crippen molar-refractivity contribution in [1.82, 2.24) is 15.2 Å². The molecule has 25 heavy (non-hydrogen) atoms. The molecule has 1 aromatic heterocycles. The highest BCUT2D eigenvalue weighted by Crippen LogP contribution is 2.19. The van der Waals surface area contributed by atoms with E-state index in [0.717, 1.165) is 45.2 Å². The quantitative estimate of drug-likeness (QED) is 0.836. The summed E-state index contributed by atoms with van der Waals surface area (Å²) in [7, 11) is 0. The molecule has 134 valence electrons. The van der Waals surface area contributed by atoms with Crippen LogP contribution < -0.4 is 5.32 Å². The average molecular weight is 341 g/mol. The first-order chi connectivity index (χ1) is 12.2. The van der Waals surface area contributed by atoms with Crippen LogP contribution in [0.5, 0.6) is 0 Å². The van der Waals surface area contributed by atoms with Crippen LogP contribution in [-0.2, 0) is 0 Å². The summed E-state index contributed by atoms with van der Waals surface area (Å²) >= 11 is 0. The van der Waals surface area contributed by atoms with E-state index in [-0.39, 0.29) is 11.8 Å². The highest BCUT2D eigenvalue weighted by Gasteiger charge is 2.19. The largest absolute Gasteiger partial charge is 0.352 e. The van der Waals surface area contributed by atoms with Crippen LogP contribution >= 0.6 is 0 Å². The molecule has 0 unspecified atom stereocenters. The lowest BCUT2D eigenvalue weighted by atomic mass is 9.97. The minimum atomic E-state index is -0.155. The number of aromatic nitrogens is 1. The number of amides is 2. The zero-order valence-corrected chi connectivity index (χ0v) is 14.8. The molecule has 1 fully saturated rings. The minimum Gasteiger partial charge on any atom is -0.352 e. The Morgan fingerprint density at radius 2 is 1.84 bits per heavy atom. The Bertz CT molecular complexity index is 648. The van der Waals surface area contributed by atoms with Gasteiger partial charge < -0.3 is 10.2 Å². The van der Waals surface area contributed by atoms with Crippen LogP contribution in [0.3, 0.4) is 0 Å². The lowest BCUT2D eigenvalue weighted by Gasteiger charge is -2.26. The maximum Gasteiger partial charge on any atom is 0.255 e. The molecule has 1 aromatic rings. The average Bonchev–Trinajstić information content (AvgIpc) is 2.69. The Labute approximate surface area is 149 Å². The van der Waals surface area contributed by atoms with Gasteiger partial charge in [0.25, 0.3) is 11.8 Å². The van der Waals surface area contributed by atoms with Crippen LogP contribution in [0.25, 0.3) is 0 Å². The summed E-state index contributed by atoms with van der Waals surface area (Å²) in [6, 6.07) is 1.67. The zero-order chi connectivity index (χ0) is 17.5. The topological polar surface area (TPSA) is 62.3 Å². The standard InChI is InChI=1S/C20H27N3O2/c24-19(22-10-9-16-7-3-1-4-8-16)17-13-18(15-21-14-17)20(25)23-11-5-2-6-12-23/h7,13-15H,1-6,8-12H2,(H,22,24). The molecule has 0 aromatic carbocycles. The molecule has 2 aliphatic rings. The van der Waals surface area contributed by atoms with E-state index in [1.165, 1.54) is 31.0 Å². The van der Waals surface area contributed by atoms with E-state index in [0.29, 0.717) is 17.7 Å². The van der Waals surface area contributed by atoms with E-state index in [9.17, 15) is 9.59 Å². The molecule has 0 bridgehead atoms. The van der Waals surface area contributed by atoms with Crippen molar-refractivity contribution in [3.8, 4) is 0 Å². The van der Waals surface area contributed by atoms with Crippen molar-refractivity contribution in [2.45, 2.75) is 51.4 Å². The molecule has 0 atom stereocenters. The third-order valence-electron chi connectivity index (χ3n) is 5.01. The molecule has 0 spiro atoms. The van der Waals surface area contributed by atoms with Crippen molar-refractivity contribution in [1.29, 1.82) is 0 Å². The number of piperidine rings is 1. The Kier molecular flexibility index (Phi) is 6.20. The SMILES string of the molecule is O=C(NCCC1=CCCCC1)c1cncc(C(=O)N2CCCCC2)c1. The fraction of sp³-hybridized carbons (Fsp3) is 0.550. The van der Waals surface area contributed by atoms with Gasteiger partial charge in [-0.25, -0.2) is 0 Å². The van der Waals surface area contributed by atoms with Gasteiger partial charge in [0.15, 0.2) is 0 Å². The van der Waals surface area contributed by atoms with Crippen LogP contribution in [0.2, 0.25) is 0 Å². The van der Waals surface area contributed by atoms with Gasteiger partial charge in [0.05, 0.1) is 11.1 Å². The first kappa shape index (κ1) is 17.6. The number of carbonyl (C=O) groups is 2. The molecular formula is C20H27N3O2. The number of nitrogens with zero attached hydrogens (tertiary/aromatic N) is 2. The summed E-state index contributed by atoms with van der Waals surface area (Å²) < 4.78 is 0. The van der Waals surface area contributed by atoms with Gasteiger partial charge >= 0.3 is 0 Å². The van der Waals surface area contributed by atoms with E-state index in [1.54, 1.807) is 12.3 Å². The first-order valence-corrected chi connectivity index (χ1v) is 9.44. The van der Waals surface area contributed by atoms with Gasteiger partial charge in [0, 0.05) is 32.0 Å². The third kappa shape index (κ3) is 4.91. The zero-order valence-electron chi connectivity index (χ0n) is 14.8. The molecule has 5 nitrogen and oxygen atoms in total. The van der Waals surface area contributed by atoms with Crippen LogP contribution in [0, 0.1) is 0 Å².